The standard InChI is InChI=1S/C13H24N2O2/c1-2-15(12-6-7-12)13(17)10-14(8-9-16)11-4-3-5-11/h11-12,16H,2-10H2,1H3. The molecule has 0 aromatic rings. The number of likely N-dealkylation sites (N-methyl/N-ethyl adjacent to an activating group) is 1. The van der Waals surface area contributed by atoms with Gasteiger partial charge in [0.1, 0.15) is 0 Å². The molecule has 0 saturated heterocycles. The van der Waals surface area contributed by atoms with Crippen LogP contribution in [0.2, 0.25) is 0 Å². The highest BCUT2D eigenvalue weighted by molar-refractivity contribution is 5.79. The molecule has 0 aromatic heterocycles. The molecule has 4 nitrogen and oxygen atoms in total. The molecule has 0 aromatic carbocycles. The number of nitrogens with zero attached hydrogens (tertiary/aromatic N) is 2. The Morgan fingerprint density at radius 1 is 1.24 bits per heavy atom. The molecule has 2 saturated carbocycles. The first kappa shape index (κ1) is 12.8. The van der Waals surface area contributed by atoms with Gasteiger partial charge in [0.15, 0.2) is 0 Å². The van der Waals surface area contributed by atoms with Gasteiger partial charge in [-0.2, -0.15) is 0 Å². The minimum absolute atomic E-state index is 0.152. The van der Waals surface area contributed by atoms with Crippen molar-refractivity contribution in [3.8, 4) is 0 Å². The summed E-state index contributed by atoms with van der Waals surface area (Å²) in [5.74, 6) is 0.246. The van der Waals surface area contributed by atoms with Gasteiger partial charge in [0.2, 0.25) is 5.91 Å². The zero-order valence-electron chi connectivity index (χ0n) is 10.8. The predicted molar refractivity (Wildman–Crippen MR) is 66.7 cm³/mol. The molecule has 0 unspecified atom stereocenters. The molecule has 2 aliphatic carbocycles. The quantitative estimate of drug-likeness (QED) is 0.717. The fourth-order valence-electron chi connectivity index (χ4n) is 2.56. The van der Waals surface area contributed by atoms with Crippen molar-refractivity contribution < 1.29 is 9.90 Å². The van der Waals surface area contributed by atoms with Crippen molar-refractivity contribution >= 4 is 5.91 Å². The largest absolute Gasteiger partial charge is 0.395 e. The van der Waals surface area contributed by atoms with Crippen molar-refractivity contribution in [1.82, 2.24) is 9.80 Å². The van der Waals surface area contributed by atoms with Crippen LogP contribution in [0.3, 0.4) is 0 Å². The second-order valence-corrected chi connectivity index (χ2v) is 5.19. The molecule has 0 aliphatic heterocycles. The summed E-state index contributed by atoms with van der Waals surface area (Å²) in [5.41, 5.74) is 0. The lowest BCUT2D eigenvalue weighted by molar-refractivity contribution is -0.134. The summed E-state index contributed by atoms with van der Waals surface area (Å²) in [6.45, 7) is 4.16. The molecule has 98 valence electrons. The lowest BCUT2D eigenvalue weighted by Crippen LogP contribution is -2.48. The SMILES string of the molecule is CCN(C(=O)CN(CCO)C1CCC1)C1CC1. The van der Waals surface area contributed by atoms with Gasteiger partial charge in [-0.3, -0.25) is 9.69 Å². The van der Waals surface area contributed by atoms with Crippen molar-refractivity contribution in [2.75, 3.05) is 26.2 Å². The Kier molecular flexibility index (Phi) is 4.40. The number of aliphatic hydroxyl groups is 1. The van der Waals surface area contributed by atoms with E-state index in [1.165, 1.54) is 32.1 Å². The number of rotatable bonds is 7. The molecule has 4 heteroatoms. The number of aliphatic hydroxyl groups excluding tert-OH is 1. The monoisotopic (exact) mass is 240 g/mol. The summed E-state index contributed by atoms with van der Waals surface area (Å²) in [4.78, 5) is 16.4. The predicted octanol–water partition coefficient (Wildman–Crippen LogP) is 0.844. The Labute approximate surface area is 104 Å². The van der Waals surface area contributed by atoms with Gasteiger partial charge in [-0.15, -0.1) is 0 Å². The van der Waals surface area contributed by atoms with E-state index in [9.17, 15) is 4.79 Å². The molecular weight excluding hydrogens is 216 g/mol. The van der Waals surface area contributed by atoms with Gasteiger partial charge < -0.3 is 10.0 Å². The van der Waals surface area contributed by atoms with E-state index in [4.69, 9.17) is 5.11 Å². The fraction of sp³-hybridized carbons (Fsp3) is 0.923. The Hall–Kier alpha value is -0.610. The maximum atomic E-state index is 12.2. The molecule has 0 radical (unpaired) electrons. The van der Waals surface area contributed by atoms with Gasteiger partial charge in [0.05, 0.1) is 13.2 Å². The van der Waals surface area contributed by atoms with Gasteiger partial charge in [-0.05, 0) is 32.6 Å². The van der Waals surface area contributed by atoms with Gasteiger partial charge in [0, 0.05) is 25.2 Å². The van der Waals surface area contributed by atoms with Gasteiger partial charge in [-0.25, -0.2) is 0 Å². The smallest absolute Gasteiger partial charge is 0.236 e. The minimum Gasteiger partial charge on any atom is -0.395 e. The highest BCUT2D eigenvalue weighted by Gasteiger charge is 2.33. The summed E-state index contributed by atoms with van der Waals surface area (Å²) in [6, 6.07) is 1.04. The van der Waals surface area contributed by atoms with E-state index < -0.39 is 0 Å². The van der Waals surface area contributed by atoms with Crippen molar-refractivity contribution in [2.24, 2.45) is 0 Å². The van der Waals surface area contributed by atoms with Gasteiger partial charge in [0.25, 0.3) is 0 Å². The normalized spacial score (nSPS) is 20.4. The van der Waals surface area contributed by atoms with Crippen molar-refractivity contribution in [3.05, 3.63) is 0 Å². The highest BCUT2D eigenvalue weighted by Crippen LogP contribution is 2.28. The zero-order valence-corrected chi connectivity index (χ0v) is 10.8. The Bertz CT molecular complexity index is 262. The first-order valence-electron chi connectivity index (χ1n) is 6.90. The summed E-state index contributed by atoms with van der Waals surface area (Å²) in [6.07, 6.45) is 5.97. The van der Waals surface area contributed by atoms with Crippen LogP contribution in [0.15, 0.2) is 0 Å². The van der Waals surface area contributed by atoms with E-state index in [1.807, 2.05) is 4.90 Å². The molecule has 17 heavy (non-hydrogen) atoms. The van der Waals surface area contributed by atoms with Crippen LogP contribution in [0.25, 0.3) is 0 Å². The number of hydrogen-bond donors (Lipinski definition) is 1. The summed E-state index contributed by atoms with van der Waals surface area (Å²) in [5, 5.41) is 9.07. The van der Waals surface area contributed by atoms with Crippen molar-refractivity contribution in [3.63, 3.8) is 0 Å². The topological polar surface area (TPSA) is 43.8 Å². The molecule has 0 spiro atoms. The van der Waals surface area contributed by atoms with Crippen molar-refractivity contribution in [1.29, 1.82) is 0 Å². The van der Waals surface area contributed by atoms with Crippen LogP contribution in [-0.2, 0) is 4.79 Å². The van der Waals surface area contributed by atoms with Crippen LogP contribution in [-0.4, -0.2) is 59.1 Å². The first-order chi connectivity index (χ1) is 8.26. The number of amides is 1. The molecule has 0 atom stereocenters. The second-order valence-electron chi connectivity index (χ2n) is 5.19. The van der Waals surface area contributed by atoms with E-state index in [-0.39, 0.29) is 12.5 Å². The third-order valence-electron chi connectivity index (χ3n) is 3.97. The van der Waals surface area contributed by atoms with Crippen LogP contribution >= 0.6 is 0 Å². The molecule has 1 amide bonds. The van der Waals surface area contributed by atoms with Crippen LogP contribution < -0.4 is 0 Å². The van der Waals surface area contributed by atoms with E-state index in [0.717, 1.165) is 6.54 Å². The molecule has 1 N–H and O–H groups in total. The highest BCUT2D eigenvalue weighted by atomic mass is 16.3. The van der Waals surface area contributed by atoms with Crippen molar-refractivity contribution in [2.45, 2.75) is 51.1 Å². The lowest BCUT2D eigenvalue weighted by atomic mass is 9.91. The Morgan fingerprint density at radius 2 is 1.94 bits per heavy atom. The summed E-state index contributed by atoms with van der Waals surface area (Å²) >= 11 is 0. The third-order valence-corrected chi connectivity index (χ3v) is 3.97. The van der Waals surface area contributed by atoms with E-state index >= 15 is 0 Å². The average molecular weight is 240 g/mol. The minimum atomic E-state index is 0.152. The Morgan fingerprint density at radius 3 is 2.35 bits per heavy atom. The lowest BCUT2D eigenvalue weighted by Gasteiger charge is -2.37. The maximum Gasteiger partial charge on any atom is 0.236 e. The maximum absolute atomic E-state index is 12.2. The number of carbonyl (C=O) groups excluding carboxylic acids is 1. The molecule has 2 aliphatic rings. The van der Waals surface area contributed by atoms with Crippen LogP contribution in [0, 0.1) is 0 Å². The summed E-state index contributed by atoms with van der Waals surface area (Å²) in [7, 11) is 0. The molecular formula is C13H24N2O2. The number of carbonyl (C=O) groups is 1. The molecule has 2 rings (SSSR count). The molecule has 2 fully saturated rings. The fourth-order valence-corrected chi connectivity index (χ4v) is 2.56. The summed E-state index contributed by atoms with van der Waals surface area (Å²) < 4.78 is 0. The van der Waals surface area contributed by atoms with E-state index in [0.29, 0.717) is 25.2 Å². The van der Waals surface area contributed by atoms with Gasteiger partial charge in [-0.1, -0.05) is 6.42 Å². The van der Waals surface area contributed by atoms with Gasteiger partial charge >= 0.3 is 0 Å². The first-order valence-corrected chi connectivity index (χ1v) is 6.90. The van der Waals surface area contributed by atoms with Crippen LogP contribution in [0.4, 0.5) is 0 Å². The van der Waals surface area contributed by atoms with E-state index in [2.05, 4.69) is 11.8 Å². The van der Waals surface area contributed by atoms with Crippen LogP contribution in [0.5, 0.6) is 0 Å². The third kappa shape index (κ3) is 3.19. The second kappa shape index (κ2) is 5.83. The average Bonchev–Trinajstić information content (AvgIpc) is 3.00. The molecule has 0 heterocycles. The van der Waals surface area contributed by atoms with Crippen LogP contribution in [0.1, 0.15) is 39.0 Å². The number of hydrogen-bond acceptors (Lipinski definition) is 3. The zero-order chi connectivity index (χ0) is 12.3. The van der Waals surface area contributed by atoms with E-state index in [1.54, 1.807) is 0 Å². The molecule has 0 bridgehead atoms. The Balaban J connectivity index is 1.84.